The summed E-state index contributed by atoms with van der Waals surface area (Å²) in [6, 6.07) is 0. The Labute approximate surface area is 144 Å². The van der Waals surface area contributed by atoms with E-state index >= 15 is 0 Å². The van der Waals surface area contributed by atoms with Gasteiger partial charge in [-0.1, -0.05) is 26.0 Å². The summed E-state index contributed by atoms with van der Waals surface area (Å²) in [6.45, 7) is 9.07. The van der Waals surface area contributed by atoms with Gasteiger partial charge in [0.15, 0.2) is 0 Å². The van der Waals surface area contributed by atoms with Crippen LogP contribution in [0, 0.1) is 22.7 Å². The van der Waals surface area contributed by atoms with Crippen molar-refractivity contribution >= 4 is 5.97 Å². The van der Waals surface area contributed by atoms with Gasteiger partial charge in [0.25, 0.3) is 0 Å². The van der Waals surface area contributed by atoms with Gasteiger partial charge < -0.3 is 14.9 Å². The van der Waals surface area contributed by atoms with Crippen molar-refractivity contribution in [3.05, 3.63) is 23.8 Å². The van der Waals surface area contributed by atoms with Crippen LogP contribution in [0.15, 0.2) is 23.8 Å². The number of hydrogen-bond acceptors (Lipinski definition) is 4. The number of aliphatic hydroxyl groups excluding tert-OH is 2. The molecule has 0 aromatic heterocycles. The van der Waals surface area contributed by atoms with Gasteiger partial charge in [-0.2, -0.15) is 0 Å². The number of esters is 1. The summed E-state index contributed by atoms with van der Waals surface area (Å²) in [7, 11) is 0. The monoisotopic (exact) mass is 334 g/mol. The highest BCUT2D eigenvalue weighted by Gasteiger charge is 2.57. The van der Waals surface area contributed by atoms with E-state index in [4.69, 9.17) is 4.74 Å². The van der Waals surface area contributed by atoms with Crippen molar-refractivity contribution in [3.8, 4) is 0 Å². The fourth-order valence-electron chi connectivity index (χ4n) is 5.63. The van der Waals surface area contributed by atoms with Gasteiger partial charge in [-0.15, -0.1) is 0 Å². The Balaban J connectivity index is 1.83. The van der Waals surface area contributed by atoms with Gasteiger partial charge in [0, 0.05) is 11.0 Å². The lowest BCUT2D eigenvalue weighted by atomic mass is 9.46. The summed E-state index contributed by atoms with van der Waals surface area (Å²) >= 11 is 0. The smallest absolute Gasteiger partial charge is 0.334 e. The van der Waals surface area contributed by atoms with Crippen molar-refractivity contribution in [1.29, 1.82) is 0 Å². The molecule has 0 aromatic carbocycles. The van der Waals surface area contributed by atoms with Gasteiger partial charge in [0.2, 0.25) is 0 Å². The van der Waals surface area contributed by atoms with Crippen LogP contribution in [0.4, 0.5) is 0 Å². The molecule has 4 heteroatoms. The zero-order valence-electron chi connectivity index (χ0n) is 14.9. The number of hydrogen-bond donors (Lipinski definition) is 2. The molecule has 134 valence electrons. The minimum atomic E-state index is -0.447. The average Bonchev–Trinajstić information content (AvgIpc) is 2.96. The summed E-state index contributed by atoms with van der Waals surface area (Å²) in [5.41, 5.74) is 1.62. The van der Waals surface area contributed by atoms with Gasteiger partial charge in [-0.05, 0) is 61.9 Å². The second-order valence-electron chi connectivity index (χ2n) is 8.39. The molecule has 0 aromatic rings. The van der Waals surface area contributed by atoms with E-state index in [1.165, 1.54) is 5.57 Å². The predicted molar refractivity (Wildman–Crippen MR) is 92.2 cm³/mol. The molecule has 1 aliphatic heterocycles. The average molecular weight is 334 g/mol. The van der Waals surface area contributed by atoms with E-state index in [0.29, 0.717) is 12.5 Å². The Kier molecular flexibility index (Phi) is 4.65. The van der Waals surface area contributed by atoms with Crippen LogP contribution in [0.25, 0.3) is 0 Å². The minimum absolute atomic E-state index is 0.0189. The van der Waals surface area contributed by atoms with Gasteiger partial charge in [0.1, 0.15) is 6.61 Å². The van der Waals surface area contributed by atoms with Gasteiger partial charge in [-0.25, -0.2) is 4.79 Å². The molecule has 1 heterocycles. The van der Waals surface area contributed by atoms with Crippen molar-refractivity contribution in [2.75, 3.05) is 13.2 Å². The van der Waals surface area contributed by atoms with E-state index in [-0.39, 0.29) is 23.9 Å². The van der Waals surface area contributed by atoms with Crippen LogP contribution in [0.1, 0.15) is 52.4 Å². The fraction of sp³-hybridized carbons (Fsp3) is 0.750. The third-order valence-corrected chi connectivity index (χ3v) is 7.20. The number of carbonyl (C=O) groups excluding carboxylic acids is 1. The molecule has 0 spiro atoms. The Bertz CT molecular complexity index is 566. The molecule has 2 fully saturated rings. The number of carbonyl (C=O) groups is 1. The zero-order valence-corrected chi connectivity index (χ0v) is 14.9. The van der Waals surface area contributed by atoms with E-state index in [1.807, 2.05) is 13.0 Å². The van der Waals surface area contributed by atoms with Crippen molar-refractivity contribution in [1.82, 2.24) is 0 Å². The number of allylic oxidation sites excluding steroid dienone is 1. The molecule has 0 bridgehead atoms. The SMILES string of the molecule is C=C1CC[C@H]2[C@](C)(CO)[C@@H](O)CC[C@]2(C)[C@H]1CCC1=CCOC1=O. The van der Waals surface area contributed by atoms with Gasteiger partial charge in [0.05, 0.1) is 12.7 Å². The lowest BCUT2D eigenvalue weighted by Crippen LogP contribution is -2.57. The first-order valence-electron chi connectivity index (χ1n) is 9.15. The molecular weight excluding hydrogens is 304 g/mol. The largest absolute Gasteiger partial charge is 0.458 e. The number of cyclic esters (lactones) is 1. The quantitative estimate of drug-likeness (QED) is 0.613. The molecule has 0 amide bonds. The van der Waals surface area contributed by atoms with Crippen LogP contribution in [-0.4, -0.2) is 35.5 Å². The minimum Gasteiger partial charge on any atom is -0.458 e. The summed E-state index contributed by atoms with van der Waals surface area (Å²) < 4.78 is 5.01. The number of rotatable bonds is 4. The third-order valence-electron chi connectivity index (χ3n) is 7.20. The van der Waals surface area contributed by atoms with Crippen LogP contribution in [-0.2, 0) is 9.53 Å². The molecule has 3 aliphatic rings. The van der Waals surface area contributed by atoms with E-state index < -0.39 is 11.5 Å². The van der Waals surface area contributed by atoms with Gasteiger partial charge in [-0.3, -0.25) is 0 Å². The van der Waals surface area contributed by atoms with Crippen molar-refractivity contribution in [3.63, 3.8) is 0 Å². The predicted octanol–water partition coefficient (Wildman–Crippen LogP) is 2.99. The van der Waals surface area contributed by atoms with E-state index in [0.717, 1.165) is 44.1 Å². The highest BCUT2D eigenvalue weighted by molar-refractivity contribution is 5.90. The van der Waals surface area contributed by atoms with Crippen LogP contribution >= 0.6 is 0 Å². The Hall–Kier alpha value is -1.13. The Morgan fingerprint density at radius 2 is 2.12 bits per heavy atom. The third kappa shape index (κ3) is 2.64. The molecule has 0 unspecified atom stereocenters. The molecule has 2 N–H and O–H groups in total. The number of aliphatic hydroxyl groups is 2. The van der Waals surface area contributed by atoms with E-state index in [9.17, 15) is 15.0 Å². The molecule has 2 aliphatic carbocycles. The summed E-state index contributed by atoms with van der Waals surface area (Å²) in [6.07, 6.45) is 6.64. The molecule has 3 rings (SSSR count). The Morgan fingerprint density at radius 3 is 2.75 bits per heavy atom. The van der Waals surface area contributed by atoms with Gasteiger partial charge >= 0.3 is 5.97 Å². The second-order valence-corrected chi connectivity index (χ2v) is 8.39. The lowest BCUT2D eigenvalue weighted by Gasteiger charge is -2.60. The normalized spacial score (nSPS) is 42.5. The van der Waals surface area contributed by atoms with Crippen molar-refractivity contribution in [2.45, 2.75) is 58.5 Å². The van der Waals surface area contributed by atoms with Crippen LogP contribution < -0.4 is 0 Å². The second kappa shape index (κ2) is 6.30. The summed E-state index contributed by atoms with van der Waals surface area (Å²) in [4.78, 5) is 11.7. The highest BCUT2D eigenvalue weighted by atomic mass is 16.5. The Morgan fingerprint density at radius 1 is 1.38 bits per heavy atom. The maximum Gasteiger partial charge on any atom is 0.334 e. The standard InChI is InChI=1S/C20H30O4/c1-13-4-7-16-19(2,10-8-17(22)20(16,3)12-21)15(13)6-5-14-9-11-24-18(14)23/h9,15-17,21-22H,1,4-8,10-12H2,2-3H3/t15-,16+,17-,19+,20-/m0/s1. The van der Waals surface area contributed by atoms with Crippen LogP contribution in [0.2, 0.25) is 0 Å². The molecule has 5 atom stereocenters. The highest BCUT2D eigenvalue weighted by Crippen LogP contribution is 2.61. The first-order chi connectivity index (χ1) is 11.3. The lowest BCUT2D eigenvalue weighted by molar-refractivity contribution is -0.152. The maximum atomic E-state index is 11.7. The zero-order chi connectivity index (χ0) is 17.5. The topological polar surface area (TPSA) is 66.8 Å². The first-order valence-corrected chi connectivity index (χ1v) is 9.15. The summed E-state index contributed by atoms with van der Waals surface area (Å²) in [5, 5.41) is 20.5. The van der Waals surface area contributed by atoms with E-state index in [1.54, 1.807) is 0 Å². The molecule has 4 nitrogen and oxygen atoms in total. The fourth-order valence-corrected chi connectivity index (χ4v) is 5.63. The van der Waals surface area contributed by atoms with Crippen molar-refractivity contribution < 1.29 is 19.7 Å². The molecule has 2 saturated carbocycles. The molecule has 24 heavy (non-hydrogen) atoms. The summed E-state index contributed by atoms with van der Waals surface area (Å²) in [5.74, 6) is 0.417. The number of ether oxygens (including phenoxy) is 1. The van der Waals surface area contributed by atoms with Crippen LogP contribution in [0.3, 0.4) is 0 Å². The van der Waals surface area contributed by atoms with Crippen molar-refractivity contribution in [2.24, 2.45) is 22.7 Å². The molecular formula is C20H30O4. The first kappa shape index (κ1) is 17.7. The maximum absolute atomic E-state index is 11.7. The molecule has 0 saturated heterocycles. The number of fused-ring (bicyclic) bond motifs is 1. The molecule has 0 radical (unpaired) electrons. The van der Waals surface area contributed by atoms with Crippen LogP contribution in [0.5, 0.6) is 0 Å². The van der Waals surface area contributed by atoms with E-state index in [2.05, 4.69) is 13.5 Å².